The van der Waals surface area contributed by atoms with Crippen molar-refractivity contribution in [1.29, 1.82) is 0 Å². The maximum absolute atomic E-state index is 11.8. The van der Waals surface area contributed by atoms with Gasteiger partial charge in [-0.05, 0) is 81.1 Å². The molecule has 3 heterocycles. The highest BCUT2D eigenvalue weighted by Gasteiger charge is 2.39. The standard InChI is InChI=1S/C24H35N3O/c28-23-5-2-14-27(23)19-20-6-8-22(9-7-20)26-17-12-24(13-18-26)10-15-25(16-11-24)21-3-1-4-21/h6-9,21H,1-5,10-19H2. The first-order chi connectivity index (χ1) is 13.7. The van der Waals surface area contributed by atoms with Gasteiger partial charge in [-0.25, -0.2) is 0 Å². The molecule has 4 aliphatic rings. The summed E-state index contributed by atoms with van der Waals surface area (Å²) in [5.41, 5.74) is 3.24. The van der Waals surface area contributed by atoms with Gasteiger partial charge in [0.05, 0.1) is 0 Å². The molecule has 3 saturated heterocycles. The van der Waals surface area contributed by atoms with Crippen LogP contribution in [-0.2, 0) is 11.3 Å². The Kier molecular flexibility index (Phi) is 5.08. The van der Waals surface area contributed by atoms with Crippen molar-refractivity contribution in [2.75, 3.05) is 37.6 Å². The van der Waals surface area contributed by atoms with Gasteiger partial charge < -0.3 is 14.7 Å². The number of amides is 1. The van der Waals surface area contributed by atoms with Gasteiger partial charge in [-0.3, -0.25) is 4.79 Å². The number of likely N-dealkylation sites (tertiary alicyclic amines) is 2. The van der Waals surface area contributed by atoms with Crippen LogP contribution in [0.5, 0.6) is 0 Å². The molecule has 1 aromatic carbocycles. The molecule has 1 aliphatic carbocycles. The Morgan fingerprint density at radius 3 is 2.11 bits per heavy atom. The predicted octanol–water partition coefficient (Wildman–Crippen LogP) is 4.04. The van der Waals surface area contributed by atoms with Crippen molar-refractivity contribution in [1.82, 2.24) is 9.80 Å². The average molecular weight is 382 g/mol. The molecular weight excluding hydrogens is 346 g/mol. The number of carbonyl (C=O) groups is 1. The van der Waals surface area contributed by atoms with Gasteiger partial charge in [-0.15, -0.1) is 0 Å². The highest BCUT2D eigenvalue weighted by molar-refractivity contribution is 5.78. The number of benzene rings is 1. The van der Waals surface area contributed by atoms with E-state index in [0.717, 1.165) is 32.0 Å². The normalized spacial score (nSPS) is 26.1. The molecule has 3 aliphatic heterocycles. The maximum atomic E-state index is 11.8. The molecule has 0 unspecified atom stereocenters. The van der Waals surface area contributed by atoms with E-state index in [1.165, 1.54) is 82.4 Å². The Hall–Kier alpha value is -1.55. The molecule has 28 heavy (non-hydrogen) atoms. The number of hydrogen-bond acceptors (Lipinski definition) is 3. The van der Waals surface area contributed by atoms with Gasteiger partial charge in [0.25, 0.3) is 0 Å². The molecule has 1 spiro atoms. The summed E-state index contributed by atoms with van der Waals surface area (Å²) in [5, 5.41) is 0. The number of piperidine rings is 2. The van der Waals surface area contributed by atoms with Crippen LogP contribution in [-0.4, -0.2) is 54.5 Å². The first-order valence-electron chi connectivity index (χ1n) is 11.6. The lowest BCUT2D eigenvalue weighted by Gasteiger charge is -2.50. The van der Waals surface area contributed by atoms with Crippen molar-refractivity contribution in [2.45, 2.75) is 70.4 Å². The van der Waals surface area contributed by atoms with Crippen molar-refractivity contribution < 1.29 is 4.79 Å². The molecule has 4 nitrogen and oxygen atoms in total. The molecule has 1 aromatic rings. The van der Waals surface area contributed by atoms with Gasteiger partial charge in [-0.2, -0.15) is 0 Å². The van der Waals surface area contributed by atoms with E-state index < -0.39 is 0 Å². The van der Waals surface area contributed by atoms with E-state index >= 15 is 0 Å². The minimum absolute atomic E-state index is 0.314. The summed E-state index contributed by atoms with van der Waals surface area (Å²) in [5.74, 6) is 0.314. The average Bonchev–Trinajstić information content (AvgIpc) is 3.08. The predicted molar refractivity (Wildman–Crippen MR) is 113 cm³/mol. The molecule has 5 rings (SSSR count). The number of hydrogen-bond donors (Lipinski definition) is 0. The Morgan fingerprint density at radius 2 is 1.54 bits per heavy atom. The Bertz CT molecular complexity index is 678. The molecule has 4 heteroatoms. The summed E-state index contributed by atoms with van der Waals surface area (Å²) in [6, 6.07) is 9.91. The zero-order valence-electron chi connectivity index (χ0n) is 17.2. The fraction of sp³-hybridized carbons (Fsp3) is 0.708. The van der Waals surface area contributed by atoms with E-state index in [1.54, 1.807) is 0 Å². The summed E-state index contributed by atoms with van der Waals surface area (Å²) >= 11 is 0. The van der Waals surface area contributed by atoms with Crippen LogP contribution < -0.4 is 4.90 Å². The third-order valence-electron chi connectivity index (χ3n) is 8.12. The highest BCUT2D eigenvalue weighted by atomic mass is 16.2. The molecule has 0 N–H and O–H groups in total. The van der Waals surface area contributed by atoms with Crippen LogP contribution in [0.2, 0.25) is 0 Å². The summed E-state index contributed by atoms with van der Waals surface area (Å²) < 4.78 is 0. The Balaban J connectivity index is 1.13. The third kappa shape index (κ3) is 3.68. The SMILES string of the molecule is O=C1CCCN1Cc1ccc(N2CCC3(CC2)CCN(C2CCC2)CC3)cc1. The molecule has 0 radical (unpaired) electrons. The maximum Gasteiger partial charge on any atom is 0.222 e. The lowest BCUT2D eigenvalue weighted by Crippen LogP contribution is -2.50. The van der Waals surface area contributed by atoms with Crippen molar-refractivity contribution in [3.8, 4) is 0 Å². The van der Waals surface area contributed by atoms with Crippen molar-refractivity contribution >= 4 is 11.6 Å². The second kappa shape index (κ2) is 7.70. The molecule has 1 amide bonds. The number of nitrogens with zero attached hydrogens (tertiary/aromatic N) is 3. The molecule has 1 saturated carbocycles. The Labute approximate surface area is 169 Å². The summed E-state index contributed by atoms with van der Waals surface area (Å²) in [6.07, 6.45) is 11.6. The molecule has 0 atom stereocenters. The second-order valence-corrected chi connectivity index (χ2v) is 9.69. The lowest BCUT2D eigenvalue weighted by atomic mass is 9.70. The minimum Gasteiger partial charge on any atom is -0.371 e. The second-order valence-electron chi connectivity index (χ2n) is 9.69. The largest absolute Gasteiger partial charge is 0.371 e. The van der Waals surface area contributed by atoms with Gasteiger partial charge in [0, 0.05) is 44.3 Å². The van der Waals surface area contributed by atoms with Crippen LogP contribution in [0.1, 0.15) is 63.4 Å². The number of rotatable bonds is 4. The lowest BCUT2D eigenvalue weighted by molar-refractivity contribution is -0.128. The van der Waals surface area contributed by atoms with E-state index in [-0.39, 0.29) is 0 Å². The van der Waals surface area contributed by atoms with E-state index in [2.05, 4.69) is 34.1 Å². The highest BCUT2D eigenvalue weighted by Crippen LogP contribution is 2.43. The first kappa shape index (κ1) is 18.5. The van der Waals surface area contributed by atoms with E-state index in [4.69, 9.17) is 0 Å². The Morgan fingerprint density at radius 1 is 0.857 bits per heavy atom. The molecular formula is C24H35N3O. The van der Waals surface area contributed by atoms with E-state index in [0.29, 0.717) is 11.3 Å². The van der Waals surface area contributed by atoms with E-state index in [1.807, 2.05) is 4.90 Å². The fourth-order valence-corrected chi connectivity index (χ4v) is 5.76. The topological polar surface area (TPSA) is 26.8 Å². The van der Waals surface area contributed by atoms with Gasteiger partial charge >= 0.3 is 0 Å². The van der Waals surface area contributed by atoms with Gasteiger partial charge in [0.15, 0.2) is 0 Å². The van der Waals surface area contributed by atoms with E-state index in [9.17, 15) is 4.79 Å². The third-order valence-corrected chi connectivity index (χ3v) is 8.12. The van der Waals surface area contributed by atoms with Gasteiger partial charge in [0.2, 0.25) is 5.91 Å². The summed E-state index contributed by atoms with van der Waals surface area (Å²) in [7, 11) is 0. The molecule has 152 valence electrons. The van der Waals surface area contributed by atoms with Crippen LogP contribution in [0.3, 0.4) is 0 Å². The van der Waals surface area contributed by atoms with Gasteiger partial charge in [0.1, 0.15) is 0 Å². The molecule has 4 fully saturated rings. The van der Waals surface area contributed by atoms with Gasteiger partial charge in [-0.1, -0.05) is 18.6 Å². The van der Waals surface area contributed by atoms with Crippen molar-refractivity contribution in [3.63, 3.8) is 0 Å². The quantitative estimate of drug-likeness (QED) is 0.787. The molecule has 0 aromatic heterocycles. The van der Waals surface area contributed by atoms with Crippen LogP contribution >= 0.6 is 0 Å². The van der Waals surface area contributed by atoms with Crippen LogP contribution in [0.15, 0.2) is 24.3 Å². The van der Waals surface area contributed by atoms with Crippen LogP contribution in [0.4, 0.5) is 5.69 Å². The molecule has 0 bridgehead atoms. The zero-order chi connectivity index (χ0) is 19.0. The van der Waals surface area contributed by atoms with Crippen LogP contribution in [0.25, 0.3) is 0 Å². The van der Waals surface area contributed by atoms with Crippen molar-refractivity contribution in [2.24, 2.45) is 5.41 Å². The summed E-state index contributed by atoms with van der Waals surface area (Å²) in [4.78, 5) is 19.2. The van der Waals surface area contributed by atoms with Crippen molar-refractivity contribution in [3.05, 3.63) is 29.8 Å². The monoisotopic (exact) mass is 381 g/mol. The zero-order valence-corrected chi connectivity index (χ0v) is 17.2. The number of carbonyl (C=O) groups excluding carboxylic acids is 1. The smallest absolute Gasteiger partial charge is 0.222 e. The number of anilines is 1. The van der Waals surface area contributed by atoms with Crippen LogP contribution in [0, 0.1) is 5.41 Å². The minimum atomic E-state index is 0.314. The fourth-order valence-electron chi connectivity index (χ4n) is 5.76. The first-order valence-corrected chi connectivity index (χ1v) is 11.6. The summed E-state index contributed by atoms with van der Waals surface area (Å²) in [6.45, 7) is 6.79.